The number of nitro benzene ring substituents is 1. The molecule has 0 heterocycles. The van der Waals surface area contributed by atoms with Crippen LogP contribution in [0.5, 0.6) is 11.5 Å². The van der Waals surface area contributed by atoms with Gasteiger partial charge in [-0.3, -0.25) is 15.4 Å². The fourth-order valence-electron chi connectivity index (χ4n) is 1.62. The summed E-state index contributed by atoms with van der Waals surface area (Å²) >= 11 is 5.75. The zero-order valence-electron chi connectivity index (χ0n) is 10.7. The highest BCUT2D eigenvalue weighted by molar-refractivity contribution is 6.30. The van der Waals surface area contributed by atoms with E-state index in [0.717, 1.165) is 12.1 Å². The zero-order valence-corrected chi connectivity index (χ0v) is 11.5. The number of halogens is 4. The molecule has 9 heteroatoms. The summed E-state index contributed by atoms with van der Waals surface area (Å²) < 4.78 is 41.7. The lowest BCUT2D eigenvalue weighted by molar-refractivity contribution is -0.385. The van der Waals surface area contributed by atoms with E-state index in [-0.39, 0.29) is 27.9 Å². The van der Waals surface area contributed by atoms with Crippen LogP contribution < -0.4 is 10.1 Å². The van der Waals surface area contributed by atoms with Crippen molar-refractivity contribution in [1.82, 2.24) is 0 Å². The molecule has 0 aromatic heterocycles. The molecule has 0 aliphatic carbocycles. The number of nitrogens with zero attached hydrogens (tertiary/aromatic N) is 1. The SMILES string of the molecule is O=[N+]([O-])c1ccc(Cl)cc1Oc1ccc(NC(F)(F)F)cc1. The van der Waals surface area contributed by atoms with Crippen LogP contribution in [0.25, 0.3) is 0 Å². The van der Waals surface area contributed by atoms with Gasteiger partial charge in [-0.15, -0.1) is 0 Å². The Morgan fingerprint density at radius 3 is 2.32 bits per heavy atom. The standard InChI is InChI=1S/C13H8ClF3N2O3/c14-8-1-6-11(19(20)21)12(7-8)22-10-4-2-9(3-5-10)18-13(15,16)17/h1-7,18H. The van der Waals surface area contributed by atoms with Crippen molar-refractivity contribution < 1.29 is 22.8 Å². The molecule has 116 valence electrons. The van der Waals surface area contributed by atoms with Crippen molar-refractivity contribution in [1.29, 1.82) is 0 Å². The molecule has 5 nitrogen and oxygen atoms in total. The van der Waals surface area contributed by atoms with Crippen LogP contribution in [0.15, 0.2) is 42.5 Å². The summed E-state index contributed by atoms with van der Waals surface area (Å²) in [6.45, 7) is 0. The molecule has 0 spiro atoms. The second-order valence-electron chi connectivity index (χ2n) is 4.12. The quantitative estimate of drug-likeness (QED) is 0.487. The van der Waals surface area contributed by atoms with Crippen molar-refractivity contribution in [2.24, 2.45) is 0 Å². The van der Waals surface area contributed by atoms with Crippen LogP contribution in [0.3, 0.4) is 0 Å². The van der Waals surface area contributed by atoms with E-state index in [0.29, 0.717) is 0 Å². The first kappa shape index (κ1) is 15.9. The third-order valence-corrected chi connectivity index (χ3v) is 2.72. The molecular weight excluding hydrogens is 325 g/mol. The summed E-state index contributed by atoms with van der Waals surface area (Å²) in [5.74, 6) is 0.0344. The molecule has 0 saturated heterocycles. The van der Waals surface area contributed by atoms with Crippen LogP contribution in [0.4, 0.5) is 24.5 Å². The third-order valence-electron chi connectivity index (χ3n) is 2.49. The minimum absolute atomic E-state index is 0.103. The Morgan fingerprint density at radius 1 is 1.14 bits per heavy atom. The molecule has 2 rings (SSSR count). The van der Waals surface area contributed by atoms with Crippen LogP contribution in [0, 0.1) is 10.1 Å². The van der Waals surface area contributed by atoms with Gasteiger partial charge >= 0.3 is 12.0 Å². The van der Waals surface area contributed by atoms with E-state index in [9.17, 15) is 23.3 Å². The molecule has 2 aromatic rings. The van der Waals surface area contributed by atoms with Crippen molar-refractivity contribution in [2.45, 2.75) is 6.30 Å². The molecule has 1 N–H and O–H groups in total. The first-order chi connectivity index (χ1) is 10.2. The molecule has 0 fully saturated rings. The van der Waals surface area contributed by atoms with E-state index in [1.54, 1.807) is 0 Å². The number of nitrogens with one attached hydrogen (secondary N) is 1. The van der Waals surface area contributed by atoms with Gasteiger partial charge < -0.3 is 4.74 Å². The number of rotatable bonds is 4. The summed E-state index contributed by atoms with van der Waals surface area (Å²) in [6.07, 6.45) is -4.55. The predicted molar refractivity (Wildman–Crippen MR) is 74.3 cm³/mol. The number of alkyl halides is 3. The van der Waals surface area contributed by atoms with E-state index >= 15 is 0 Å². The maximum Gasteiger partial charge on any atom is 0.482 e. The Bertz CT molecular complexity index is 690. The van der Waals surface area contributed by atoms with E-state index < -0.39 is 11.2 Å². The minimum Gasteiger partial charge on any atom is -0.450 e. The van der Waals surface area contributed by atoms with Crippen molar-refractivity contribution in [3.63, 3.8) is 0 Å². The molecular formula is C13H8ClF3N2O3. The maximum atomic E-state index is 12.1. The first-order valence-electron chi connectivity index (χ1n) is 5.81. The lowest BCUT2D eigenvalue weighted by Crippen LogP contribution is -2.20. The summed E-state index contributed by atoms with van der Waals surface area (Å²) in [4.78, 5) is 10.2. The molecule has 0 unspecified atom stereocenters. The molecule has 0 bridgehead atoms. The van der Waals surface area contributed by atoms with Crippen LogP contribution in [-0.2, 0) is 0 Å². The summed E-state index contributed by atoms with van der Waals surface area (Å²) in [7, 11) is 0. The van der Waals surface area contributed by atoms with Gasteiger partial charge in [0.2, 0.25) is 5.75 Å². The van der Waals surface area contributed by atoms with Gasteiger partial charge in [0.1, 0.15) is 5.75 Å². The Kier molecular flexibility index (Phi) is 4.41. The number of hydrogen-bond acceptors (Lipinski definition) is 4. The van der Waals surface area contributed by atoms with Gasteiger partial charge in [0, 0.05) is 22.8 Å². The monoisotopic (exact) mass is 332 g/mol. The second-order valence-corrected chi connectivity index (χ2v) is 4.55. The highest BCUT2D eigenvalue weighted by Crippen LogP contribution is 2.34. The Balaban J connectivity index is 2.21. The van der Waals surface area contributed by atoms with Crippen molar-refractivity contribution >= 4 is 23.0 Å². The van der Waals surface area contributed by atoms with Gasteiger partial charge in [-0.25, -0.2) is 0 Å². The van der Waals surface area contributed by atoms with E-state index in [4.69, 9.17) is 16.3 Å². The first-order valence-corrected chi connectivity index (χ1v) is 6.19. The molecule has 0 radical (unpaired) electrons. The normalized spacial score (nSPS) is 11.1. The topological polar surface area (TPSA) is 64.4 Å². The highest BCUT2D eigenvalue weighted by Gasteiger charge is 2.26. The van der Waals surface area contributed by atoms with Gasteiger partial charge in [0.25, 0.3) is 0 Å². The Labute approximate surface area is 127 Å². The Hall–Kier alpha value is -2.48. The number of ether oxygens (including phenoxy) is 1. The Morgan fingerprint density at radius 2 is 1.77 bits per heavy atom. The summed E-state index contributed by atoms with van der Waals surface area (Å²) in [5, 5.41) is 12.4. The molecule has 0 saturated carbocycles. The fraction of sp³-hybridized carbons (Fsp3) is 0.0769. The largest absolute Gasteiger partial charge is 0.482 e. The third kappa shape index (κ3) is 4.26. The number of benzene rings is 2. The fourth-order valence-corrected chi connectivity index (χ4v) is 1.78. The number of nitro groups is 1. The van der Waals surface area contributed by atoms with E-state index in [1.807, 2.05) is 0 Å². The maximum absolute atomic E-state index is 12.1. The zero-order chi connectivity index (χ0) is 16.3. The molecule has 2 aromatic carbocycles. The molecule has 22 heavy (non-hydrogen) atoms. The van der Waals surface area contributed by atoms with Gasteiger partial charge in [0.05, 0.1) is 4.92 Å². The molecule has 0 aliphatic heterocycles. The lowest BCUT2D eigenvalue weighted by atomic mass is 10.3. The molecule has 0 amide bonds. The van der Waals surface area contributed by atoms with Gasteiger partial charge in [0.15, 0.2) is 0 Å². The lowest BCUT2D eigenvalue weighted by Gasteiger charge is -2.11. The van der Waals surface area contributed by atoms with Gasteiger partial charge in [-0.05, 0) is 30.3 Å². The van der Waals surface area contributed by atoms with Crippen molar-refractivity contribution in [3.8, 4) is 11.5 Å². The van der Waals surface area contributed by atoms with Gasteiger partial charge in [-0.2, -0.15) is 13.2 Å². The van der Waals surface area contributed by atoms with E-state index in [1.165, 1.54) is 35.6 Å². The van der Waals surface area contributed by atoms with Crippen LogP contribution >= 0.6 is 11.6 Å². The number of anilines is 1. The van der Waals surface area contributed by atoms with Crippen molar-refractivity contribution in [3.05, 3.63) is 57.6 Å². The van der Waals surface area contributed by atoms with Crippen molar-refractivity contribution in [2.75, 3.05) is 5.32 Å². The molecule has 0 atom stereocenters. The highest BCUT2D eigenvalue weighted by atomic mass is 35.5. The van der Waals surface area contributed by atoms with Crippen LogP contribution in [0.1, 0.15) is 0 Å². The predicted octanol–water partition coefficient (Wildman–Crippen LogP) is 4.97. The smallest absolute Gasteiger partial charge is 0.450 e. The summed E-state index contributed by atoms with van der Waals surface area (Å²) in [6, 6.07) is 8.54. The summed E-state index contributed by atoms with van der Waals surface area (Å²) in [5.41, 5.74) is -0.484. The minimum atomic E-state index is -4.55. The average molecular weight is 333 g/mol. The van der Waals surface area contributed by atoms with Crippen LogP contribution in [0.2, 0.25) is 5.02 Å². The van der Waals surface area contributed by atoms with E-state index in [2.05, 4.69) is 0 Å². The average Bonchev–Trinajstić information content (AvgIpc) is 2.39. The van der Waals surface area contributed by atoms with Gasteiger partial charge in [-0.1, -0.05) is 11.6 Å². The number of hydrogen-bond donors (Lipinski definition) is 1. The van der Waals surface area contributed by atoms with Crippen LogP contribution in [-0.4, -0.2) is 11.2 Å². The second kappa shape index (κ2) is 6.10. The molecule has 0 aliphatic rings.